The lowest BCUT2D eigenvalue weighted by Gasteiger charge is -2.17. The highest BCUT2D eigenvalue weighted by Crippen LogP contribution is 2.27. The van der Waals surface area contributed by atoms with Crippen LogP contribution in [0.1, 0.15) is 17.9 Å². The first kappa shape index (κ1) is 11.7. The number of hydrogen-bond donors (Lipinski definition) is 0. The van der Waals surface area contributed by atoms with Crippen LogP contribution in [0.4, 0.5) is 0 Å². The Kier molecular flexibility index (Phi) is 3.72. The molecule has 1 saturated heterocycles. The molecule has 0 unspecified atom stereocenters. The lowest BCUT2D eigenvalue weighted by molar-refractivity contribution is -0.128. The van der Waals surface area contributed by atoms with Crippen LogP contribution in [0.25, 0.3) is 0 Å². The first-order chi connectivity index (χ1) is 7.68. The fraction of sp³-hybridized carbons (Fsp3) is 0.417. The lowest BCUT2D eigenvalue weighted by atomic mass is 9.99. The molecule has 0 spiro atoms. The summed E-state index contributed by atoms with van der Waals surface area (Å²) < 4.78 is 0. The number of likely N-dealkylation sites (tertiary alicyclic amines) is 1. The molecular weight excluding hydrogens is 245 g/mol. The fourth-order valence-electron chi connectivity index (χ4n) is 2.10. The third-order valence-electron chi connectivity index (χ3n) is 2.96. The Morgan fingerprint density at radius 3 is 2.62 bits per heavy atom. The molecule has 0 aliphatic carbocycles. The maximum Gasteiger partial charge on any atom is 0.255 e. The minimum absolute atomic E-state index is 0.179. The quantitative estimate of drug-likeness (QED) is 0.747. The van der Waals surface area contributed by atoms with E-state index in [1.807, 2.05) is 18.2 Å². The van der Waals surface area contributed by atoms with Gasteiger partial charge in [0.05, 0.1) is 0 Å². The highest BCUT2D eigenvalue weighted by molar-refractivity contribution is 6.53. The van der Waals surface area contributed by atoms with Crippen molar-refractivity contribution in [1.82, 2.24) is 4.90 Å². The van der Waals surface area contributed by atoms with Crippen molar-refractivity contribution in [1.29, 1.82) is 0 Å². The Hall–Kier alpha value is -0.730. The molecule has 86 valence electrons. The minimum Gasteiger partial charge on any atom is -0.340 e. The molecule has 0 N–H and O–H groups in total. The van der Waals surface area contributed by atoms with Gasteiger partial charge in [0.2, 0.25) is 0 Å². The van der Waals surface area contributed by atoms with E-state index in [0.717, 1.165) is 19.5 Å². The molecule has 1 atom stereocenters. The Bertz CT molecular complexity index is 367. The largest absolute Gasteiger partial charge is 0.340 e. The SMILES string of the molecule is O=C(C(Cl)Cl)N1CC[C@H](c2ccccc2)C1. The molecule has 0 radical (unpaired) electrons. The molecule has 16 heavy (non-hydrogen) atoms. The number of amides is 1. The van der Waals surface area contributed by atoms with Gasteiger partial charge in [-0.2, -0.15) is 0 Å². The lowest BCUT2D eigenvalue weighted by Crippen LogP contribution is -2.32. The first-order valence-corrected chi connectivity index (χ1v) is 6.17. The van der Waals surface area contributed by atoms with Crippen molar-refractivity contribution in [2.45, 2.75) is 17.2 Å². The molecule has 2 nitrogen and oxygen atoms in total. The van der Waals surface area contributed by atoms with E-state index in [1.54, 1.807) is 4.90 Å². The molecule has 0 bridgehead atoms. The second kappa shape index (κ2) is 5.07. The normalized spacial score (nSPS) is 20.4. The minimum atomic E-state index is -0.936. The van der Waals surface area contributed by atoms with Gasteiger partial charge in [-0.3, -0.25) is 4.79 Å². The zero-order valence-electron chi connectivity index (χ0n) is 8.77. The molecule has 4 heteroatoms. The Morgan fingerprint density at radius 2 is 2.00 bits per heavy atom. The second-order valence-corrected chi connectivity index (χ2v) is 5.08. The highest BCUT2D eigenvalue weighted by atomic mass is 35.5. The predicted octanol–water partition coefficient (Wildman–Crippen LogP) is 2.81. The number of carbonyl (C=O) groups is 1. The van der Waals surface area contributed by atoms with Gasteiger partial charge in [-0.05, 0) is 12.0 Å². The standard InChI is InChI=1S/C12H13Cl2NO/c13-11(14)12(16)15-7-6-10(8-15)9-4-2-1-3-5-9/h1-5,10-11H,6-8H2/t10-/m0/s1. The van der Waals surface area contributed by atoms with E-state index in [0.29, 0.717) is 5.92 Å². The summed E-state index contributed by atoms with van der Waals surface area (Å²) >= 11 is 11.2. The molecule has 1 aliphatic rings. The molecule has 1 heterocycles. The first-order valence-electron chi connectivity index (χ1n) is 5.30. The van der Waals surface area contributed by atoms with Crippen LogP contribution in [-0.4, -0.2) is 28.7 Å². The van der Waals surface area contributed by atoms with Gasteiger partial charge >= 0.3 is 0 Å². The summed E-state index contributed by atoms with van der Waals surface area (Å²) in [5, 5.41) is 0. The summed E-state index contributed by atoms with van der Waals surface area (Å²) in [6.45, 7) is 1.47. The predicted molar refractivity (Wildman–Crippen MR) is 65.9 cm³/mol. The van der Waals surface area contributed by atoms with E-state index in [-0.39, 0.29) is 5.91 Å². The number of alkyl halides is 2. The third kappa shape index (κ3) is 2.50. The van der Waals surface area contributed by atoms with Crippen LogP contribution in [0.2, 0.25) is 0 Å². The maximum atomic E-state index is 11.6. The van der Waals surface area contributed by atoms with Gasteiger partial charge in [0.15, 0.2) is 4.84 Å². The fourth-order valence-corrected chi connectivity index (χ4v) is 2.37. The Labute approximate surface area is 105 Å². The van der Waals surface area contributed by atoms with Crippen molar-refractivity contribution in [2.24, 2.45) is 0 Å². The molecular formula is C12H13Cl2NO. The molecule has 1 amide bonds. The van der Waals surface area contributed by atoms with Crippen molar-refractivity contribution in [3.05, 3.63) is 35.9 Å². The van der Waals surface area contributed by atoms with Gasteiger partial charge in [-0.1, -0.05) is 53.5 Å². The van der Waals surface area contributed by atoms with Gasteiger partial charge in [0, 0.05) is 19.0 Å². The number of benzene rings is 1. The van der Waals surface area contributed by atoms with E-state index in [4.69, 9.17) is 23.2 Å². The van der Waals surface area contributed by atoms with Crippen molar-refractivity contribution >= 4 is 29.1 Å². The summed E-state index contributed by atoms with van der Waals surface area (Å²) in [5.41, 5.74) is 1.28. The van der Waals surface area contributed by atoms with E-state index < -0.39 is 4.84 Å². The molecule has 1 aliphatic heterocycles. The molecule has 2 rings (SSSR count). The molecule has 1 aromatic carbocycles. The number of nitrogens with zero attached hydrogens (tertiary/aromatic N) is 1. The summed E-state index contributed by atoms with van der Waals surface area (Å²) in [5.74, 6) is 0.235. The number of halogens is 2. The number of hydrogen-bond acceptors (Lipinski definition) is 1. The zero-order chi connectivity index (χ0) is 11.5. The van der Waals surface area contributed by atoms with Gasteiger partial charge < -0.3 is 4.90 Å². The van der Waals surface area contributed by atoms with Crippen LogP contribution < -0.4 is 0 Å². The van der Waals surface area contributed by atoms with Crippen LogP contribution in [0.5, 0.6) is 0 Å². The topological polar surface area (TPSA) is 20.3 Å². The monoisotopic (exact) mass is 257 g/mol. The van der Waals surface area contributed by atoms with Gasteiger partial charge in [0.1, 0.15) is 0 Å². The molecule has 1 aromatic rings. The average Bonchev–Trinajstić information content (AvgIpc) is 2.78. The van der Waals surface area contributed by atoms with Crippen molar-refractivity contribution in [3.8, 4) is 0 Å². The number of carbonyl (C=O) groups excluding carboxylic acids is 1. The van der Waals surface area contributed by atoms with Crippen LogP contribution in [0, 0.1) is 0 Å². The van der Waals surface area contributed by atoms with E-state index in [1.165, 1.54) is 5.56 Å². The maximum absolute atomic E-state index is 11.6. The van der Waals surface area contributed by atoms with Crippen LogP contribution in [-0.2, 0) is 4.79 Å². The zero-order valence-corrected chi connectivity index (χ0v) is 10.3. The van der Waals surface area contributed by atoms with E-state index in [2.05, 4.69) is 12.1 Å². The molecule has 1 fully saturated rings. The van der Waals surface area contributed by atoms with Gasteiger partial charge in [0.25, 0.3) is 5.91 Å². The van der Waals surface area contributed by atoms with E-state index in [9.17, 15) is 4.79 Å². The van der Waals surface area contributed by atoms with Crippen molar-refractivity contribution < 1.29 is 4.79 Å². The summed E-state index contributed by atoms with van der Waals surface area (Å²) in [4.78, 5) is 12.4. The van der Waals surface area contributed by atoms with Crippen molar-refractivity contribution in [2.75, 3.05) is 13.1 Å². The Morgan fingerprint density at radius 1 is 1.31 bits per heavy atom. The second-order valence-electron chi connectivity index (χ2n) is 3.98. The summed E-state index contributed by atoms with van der Waals surface area (Å²) in [7, 11) is 0. The smallest absolute Gasteiger partial charge is 0.255 e. The van der Waals surface area contributed by atoms with Crippen molar-refractivity contribution in [3.63, 3.8) is 0 Å². The third-order valence-corrected chi connectivity index (χ3v) is 3.33. The molecule has 0 aromatic heterocycles. The van der Waals surface area contributed by atoms with Crippen LogP contribution >= 0.6 is 23.2 Å². The van der Waals surface area contributed by atoms with Gasteiger partial charge in [-0.15, -0.1) is 0 Å². The van der Waals surface area contributed by atoms with Crippen LogP contribution in [0.15, 0.2) is 30.3 Å². The molecule has 0 saturated carbocycles. The Balaban J connectivity index is 2.01. The van der Waals surface area contributed by atoms with Crippen LogP contribution in [0.3, 0.4) is 0 Å². The van der Waals surface area contributed by atoms with E-state index >= 15 is 0 Å². The average molecular weight is 258 g/mol. The number of rotatable bonds is 2. The summed E-state index contributed by atoms with van der Waals surface area (Å²) in [6, 6.07) is 10.2. The van der Waals surface area contributed by atoms with Gasteiger partial charge in [-0.25, -0.2) is 0 Å². The highest BCUT2D eigenvalue weighted by Gasteiger charge is 2.29. The summed E-state index contributed by atoms with van der Waals surface area (Å²) in [6.07, 6.45) is 0.982.